The van der Waals surface area contributed by atoms with Gasteiger partial charge in [0.25, 0.3) is 5.91 Å². The summed E-state index contributed by atoms with van der Waals surface area (Å²) < 4.78 is 0. The molecular formula is C24H39N3O2. The molecule has 0 saturated carbocycles. The van der Waals surface area contributed by atoms with Gasteiger partial charge in [-0.2, -0.15) is 0 Å². The standard InChI is InChI=1S/C22H33N3O.C2H6O/c1-9-17(8)20(12-4)25-22(26)18(10-2)14-19(11-3)24-21(13-5)23-15-16(6)7;1-2-3/h10-11,13-15,20H,3,5,8-9,12H2,1-2,4,6-7H3,(H,23,24)(H,25,26);3H,2H2,1H3/b18-10+,19-14+;. The van der Waals surface area contributed by atoms with Crippen molar-refractivity contribution in [1.29, 1.82) is 0 Å². The molecule has 162 valence electrons. The van der Waals surface area contributed by atoms with Gasteiger partial charge in [-0.1, -0.05) is 50.8 Å². The molecule has 0 aromatic heterocycles. The van der Waals surface area contributed by atoms with E-state index in [2.05, 4.69) is 35.4 Å². The van der Waals surface area contributed by atoms with Crippen molar-refractivity contribution in [3.8, 4) is 0 Å². The fraction of sp³-hybridized carbons (Fsp3) is 0.417. The van der Waals surface area contributed by atoms with E-state index in [1.54, 1.807) is 37.4 Å². The van der Waals surface area contributed by atoms with Crippen molar-refractivity contribution in [1.82, 2.24) is 10.6 Å². The van der Waals surface area contributed by atoms with Crippen LogP contribution in [0, 0.1) is 0 Å². The summed E-state index contributed by atoms with van der Waals surface area (Å²) in [6.07, 6.45) is 10.2. The van der Waals surface area contributed by atoms with Crippen LogP contribution >= 0.6 is 0 Å². The summed E-state index contributed by atoms with van der Waals surface area (Å²) >= 11 is 0. The average molecular weight is 402 g/mol. The fourth-order valence-electron chi connectivity index (χ4n) is 2.06. The number of aliphatic hydroxyl groups is 1. The van der Waals surface area contributed by atoms with E-state index in [1.165, 1.54) is 0 Å². The monoisotopic (exact) mass is 401 g/mol. The molecule has 0 spiro atoms. The first kappa shape index (κ1) is 28.5. The van der Waals surface area contributed by atoms with Crippen molar-refractivity contribution in [2.24, 2.45) is 4.99 Å². The molecule has 5 heteroatoms. The number of aliphatic imine (C=N–C) groups is 1. The topological polar surface area (TPSA) is 73.7 Å². The Morgan fingerprint density at radius 3 is 2.14 bits per heavy atom. The molecule has 0 aliphatic rings. The summed E-state index contributed by atoms with van der Waals surface area (Å²) in [6.45, 7) is 23.3. The Morgan fingerprint density at radius 2 is 1.76 bits per heavy atom. The largest absolute Gasteiger partial charge is 0.397 e. The van der Waals surface area contributed by atoms with Gasteiger partial charge in [0.05, 0.1) is 0 Å². The quantitative estimate of drug-likeness (QED) is 0.159. The highest BCUT2D eigenvalue weighted by molar-refractivity contribution is 5.98. The van der Waals surface area contributed by atoms with E-state index in [0.29, 0.717) is 17.1 Å². The summed E-state index contributed by atoms with van der Waals surface area (Å²) in [5, 5.41) is 13.7. The Bertz CT molecular complexity index is 664. The number of nitrogens with one attached hydrogen (secondary N) is 2. The van der Waals surface area contributed by atoms with E-state index in [4.69, 9.17) is 5.11 Å². The molecule has 1 atom stereocenters. The van der Waals surface area contributed by atoms with Crippen LogP contribution in [-0.4, -0.2) is 29.5 Å². The van der Waals surface area contributed by atoms with Crippen LogP contribution in [0.3, 0.4) is 0 Å². The van der Waals surface area contributed by atoms with Crippen molar-refractivity contribution >= 4 is 11.7 Å². The predicted molar refractivity (Wildman–Crippen MR) is 127 cm³/mol. The van der Waals surface area contributed by atoms with Gasteiger partial charge in [0.1, 0.15) is 5.84 Å². The Morgan fingerprint density at radius 1 is 1.17 bits per heavy atom. The van der Waals surface area contributed by atoms with Crippen molar-refractivity contribution in [3.05, 3.63) is 72.7 Å². The smallest absolute Gasteiger partial charge is 0.251 e. The number of nitrogens with zero attached hydrogens (tertiary/aromatic N) is 1. The van der Waals surface area contributed by atoms with E-state index in [9.17, 15) is 4.79 Å². The maximum atomic E-state index is 12.6. The molecular weight excluding hydrogens is 362 g/mol. The van der Waals surface area contributed by atoms with Crippen molar-refractivity contribution in [2.75, 3.05) is 6.61 Å². The lowest BCUT2D eigenvalue weighted by molar-refractivity contribution is -0.117. The minimum Gasteiger partial charge on any atom is -0.397 e. The molecule has 0 fully saturated rings. The maximum absolute atomic E-state index is 12.6. The first-order chi connectivity index (χ1) is 13.7. The second kappa shape index (κ2) is 17.4. The predicted octanol–water partition coefficient (Wildman–Crippen LogP) is 4.96. The lowest BCUT2D eigenvalue weighted by atomic mass is 10.0. The van der Waals surface area contributed by atoms with Gasteiger partial charge in [0.15, 0.2) is 0 Å². The van der Waals surface area contributed by atoms with Gasteiger partial charge in [-0.05, 0) is 58.8 Å². The summed E-state index contributed by atoms with van der Waals surface area (Å²) in [5.41, 5.74) is 3.30. The molecule has 3 N–H and O–H groups in total. The van der Waals surface area contributed by atoms with Crippen LogP contribution in [0.15, 0.2) is 77.6 Å². The van der Waals surface area contributed by atoms with Crippen LogP contribution in [0.5, 0.6) is 0 Å². The summed E-state index contributed by atoms with van der Waals surface area (Å²) in [7, 11) is 0. The molecule has 1 unspecified atom stereocenters. The zero-order valence-corrected chi connectivity index (χ0v) is 19.0. The van der Waals surface area contributed by atoms with Crippen LogP contribution in [-0.2, 0) is 4.79 Å². The normalized spacial score (nSPS) is 12.7. The van der Waals surface area contributed by atoms with E-state index in [0.717, 1.165) is 24.0 Å². The van der Waals surface area contributed by atoms with Crippen molar-refractivity contribution in [3.63, 3.8) is 0 Å². The molecule has 0 rings (SSSR count). The van der Waals surface area contributed by atoms with Crippen molar-refractivity contribution in [2.45, 2.75) is 60.4 Å². The summed E-state index contributed by atoms with van der Waals surface area (Å²) in [5.74, 6) is 0.440. The molecule has 0 radical (unpaired) electrons. The Balaban J connectivity index is 0. The van der Waals surface area contributed by atoms with Crippen molar-refractivity contribution < 1.29 is 9.90 Å². The van der Waals surface area contributed by atoms with Gasteiger partial charge in [0, 0.05) is 30.1 Å². The molecule has 0 aliphatic carbocycles. The lowest BCUT2D eigenvalue weighted by Crippen LogP contribution is -2.36. The zero-order chi connectivity index (χ0) is 22.8. The number of hydrogen-bond donors (Lipinski definition) is 3. The molecule has 0 heterocycles. The van der Waals surface area contributed by atoms with E-state index < -0.39 is 0 Å². The molecule has 1 amide bonds. The molecule has 0 bridgehead atoms. The highest BCUT2D eigenvalue weighted by Gasteiger charge is 2.14. The highest BCUT2D eigenvalue weighted by atomic mass is 16.2. The molecule has 0 saturated heterocycles. The van der Waals surface area contributed by atoms with Gasteiger partial charge < -0.3 is 15.7 Å². The second-order valence-electron chi connectivity index (χ2n) is 6.36. The van der Waals surface area contributed by atoms with Gasteiger partial charge in [-0.3, -0.25) is 4.79 Å². The van der Waals surface area contributed by atoms with Gasteiger partial charge in [-0.25, -0.2) is 4.99 Å². The minimum atomic E-state index is -0.142. The SMILES string of the molecule is C=CC(=NC=C(C)C)N/C(C=C)=C/C(=C\C)C(=O)NC(CC)C(=C)CC.CCO. The Labute approximate surface area is 177 Å². The van der Waals surface area contributed by atoms with Crippen LogP contribution in [0.2, 0.25) is 0 Å². The summed E-state index contributed by atoms with van der Waals surface area (Å²) in [6, 6.07) is -0.0287. The van der Waals surface area contributed by atoms with E-state index >= 15 is 0 Å². The van der Waals surface area contributed by atoms with E-state index in [-0.39, 0.29) is 18.6 Å². The van der Waals surface area contributed by atoms with Crippen LogP contribution in [0.4, 0.5) is 0 Å². The average Bonchev–Trinajstić information content (AvgIpc) is 2.71. The third-order valence-electron chi connectivity index (χ3n) is 3.69. The molecule has 0 aromatic rings. The molecule has 5 nitrogen and oxygen atoms in total. The van der Waals surface area contributed by atoms with Crippen LogP contribution < -0.4 is 10.6 Å². The van der Waals surface area contributed by atoms with Crippen LogP contribution in [0.25, 0.3) is 0 Å². The third-order valence-corrected chi connectivity index (χ3v) is 3.69. The van der Waals surface area contributed by atoms with Gasteiger partial charge >= 0.3 is 0 Å². The van der Waals surface area contributed by atoms with Gasteiger partial charge in [0.2, 0.25) is 0 Å². The fourth-order valence-corrected chi connectivity index (χ4v) is 2.06. The number of rotatable bonds is 10. The Kier molecular flexibility index (Phi) is 17.2. The number of amidine groups is 1. The first-order valence-electron chi connectivity index (χ1n) is 9.94. The molecule has 29 heavy (non-hydrogen) atoms. The number of carbonyl (C=O) groups is 1. The number of allylic oxidation sites excluding steroid dienone is 3. The number of carbonyl (C=O) groups excluding carboxylic acids is 1. The minimum absolute atomic E-state index is 0.0287. The maximum Gasteiger partial charge on any atom is 0.251 e. The number of amides is 1. The molecule has 0 aliphatic heterocycles. The van der Waals surface area contributed by atoms with Crippen LogP contribution in [0.1, 0.15) is 54.4 Å². The Hall–Kier alpha value is -2.66. The zero-order valence-electron chi connectivity index (χ0n) is 19.0. The summed E-state index contributed by atoms with van der Waals surface area (Å²) in [4.78, 5) is 16.9. The lowest BCUT2D eigenvalue weighted by Gasteiger charge is -2.19. The highest BCUT2D eigenvalue weighted by Crippen LogP contribution is 2.10. The van der Waals surface area contributed by atoms with E-state index in [1.807, 2.05) is 34.6 Å². The first-order valence-corrected chi connectivity index (χ1v) is 9.94. The second-order valence-corrected chi connectivity index (χ2v) is 6.36. The number of aliphatic hydroxyl groups excluding tert-OH is 1. The van der Waals surface area contributed by atoms with Gasteiger partial charge in [-0.15, -0.1) is 0 Å². The third kappa shape index (κ3) is 13.2. The number of hydrogen-bond acceptors (Lipinski definition) is 3. The molecule has 0 aromatic carbocycles.